The van der Waals surface area contributed by atoms with Gasteiger partial charge in [0.05, 0.1) is 12.2 Å². The number of allylic oxidation sites excluding steroid dienone is 1. The molecule has 0 bridgehead atoms. The molecular formula is C25H19ClF2N3+. The van der Waals surface area contributed by atoms with Crippen molar-refractivity contribution >= 4 is 23.2 Å². The summed E-state index contributed by atoms with van der Waals surface area (Å²) in [6.45, 7) is 1.23. The van der Waals surface area contributed by atoms with Gasteiger partial charge in [-0.25, -0.2) is 8.78 Å². The van der Waals surface area contributed by atoms with Gasteiger partial charge in [0.15, 0.2) is 0 Å². The van der Waals surface area contributed by atoms with E-state index in [-0.39, 0.29) is 11.6 Å². The highest BCUT2D eigenvalue weighted by atomic mass is 35.5. The first-order chi connectivity index (χ1) is 15.0. The fraction of sp³-hybridized carbons (Fsp3) is 0.0800. The summed E-state index contributed by atoms with van der Waals surface area (Å²) in [6.07, 6.45) is 6.20. The molecular weight excluding hydrogens is 416 g/mol. The molecule has 154 valence electrons. The second-order valence-electron chi connectivity index (χ2n) is 7.60. The minimum Gasteiger partial charge on any atom is -0.280 e. The highest BCUT2D eigenvalue weighted by Gasteiger charge is 2.39. The van der Waals surface area contributed by atoms with Crippen LogP contribution < -0.4 is 4.48 Å². The first-order valence-electron chi connectivity index (χ1n) is 9.93. The van der Waals surface area contributed by atoms with Crippen LogP contribution in [-0.2, 0) is 13.1 Å². The molecule has 6 heteroatoms. The van der Waals surface area contributed by atoms with Crippen LogP contribution in [0.5, 0.6) is 0 Å². The van der Waals surface area contributed by atoms with E-state index in [9.17, 15) is 8.78 Å². The third-order valence-corrected chi connectivity index (χ3v) is 5.80. The quantitative estimate of drug-likeness (QED) is 0.321. The number of rotatable bonds is 4. The third kappa shape index (κ3) is 3.67. The van der Waals surface area contributed by atoms with Crippen LogP contribution in [0.1, 0.15) is 5.56 Å². The van der Waals surface area contributed by atoms with Crippen LogP contribution in [0.25, 0.3) is 11.3 Å². The van der Waals surface area contributed by atoms with E-state index >= 15 is 0 Å². The average molecular weight is 435 g/mol. The molecule has 0 radical (unpaired) electrons. The highest BCUT2D eigenvalue weighted by molar-refractivity contribution is 6.30. The predicted octanol–water partition coefficient (Wildman–Crippen LogP) is 6.85. The third-order valence-electron chi connectivity index (χ3n) is 5.55. The molecule has 31 heavy (non-hydrogen) atoms. The summed E-state index contributed by atoms with van der Waals surface area (Å²) in [7, 11) is 0. The van der Waals surface area contributed by atoms with Gasteiger partial charge in [-0.1, -0.05) is 23.7 Å². The molecule has 1 aliphatic rings. The van der Waals surface area contributed by atoms with E-state index in [1.165, 1.54) is 24.3 Å². The molecule has 0 N–H and O–H groups in total. The zero-order valence-electron chi connectivity index (χ0n) is 16.6. The second kappa shape index (κ2) is 7.76. The number of aromatic nitrogens is 2. The van der Waals surface area contributed by atoms with Crippen LogP contribution in [0, 0.1) is 11.6 Å². The van der Waals surface area contributed by atoms with Crippen molar-refractivity contribution in [3.8, 4) is 11.3 Å². The minimum atomic E-state index is -0.281. The predicted molar refractivity (Wildman–Crippen MR) is 120 cm³/mol. The number of imidazole rings is 1. The van der Waals surface area contributed by atoms with Crippen molar-refractivity contribution in [1.29, 1.82) is 0 Å². The number of halogens is 3. The Morgan fingerprint density at radius 3 is 2.19 bits per heavy atom. The minimum absolute atomic E-state index is 0.268. The maximum absolute atomic E-state index is 13.5. The summed E-state index contributed by atoms with van der Waals surface area (Å²) >= 11 is 6.15. The molecule has 0 aliphatic carbocycles. The molecule has 5 rings (SSSR count). The van der Waals surface area contributed by atoms with Crippen molar-refractivity contribution in [2.75, 3.05) is 0 Å². The fourth-order valence-electron chi connectivity index (χ4n) is 4.03. The Morgan fingerprint density at radius 1 is 0.871 bits per heavy atom. The van der Waals surface area contributed by atoms with E-state index in [2.05, 4.69) is 16.8 Å². The molecule has 0 spiro atoms. The highest BCUT2D eigenvalue weighted by Crippen LogP contribution is 2.41. The standard InChI is InChI=1S/C25H19ClF2N3/c26-20-6-12-23(13-7-20)31(17-18-2-8-21(27)9-3-18)15-1-14-30-16-24(29-25(30)31)19-4-10-22(28)11-5-19/h1-13,15-16H,14,17H2/q+1. The number of benzene rings is 3. The Hall–Kier alpha value is -3.28. The molecule has 4 aromatic rings. The lowest BCUT2D eigenvalue weighted by Gasteiger charge is -2.35. The van der Waals surface area contributed by atoms with E-state index < -0.39 is 0 Å². The maximum atomic E-state index is 13.5. The van der Waals surface area contributed by atoms with E-state index in [0.717, 1.165) is 28.5 Å². The van der Waals surface area contributed by atoms with Gasteiger partial charge < -0.3 is 0 Å². The van der Waals surface area contributed by atoms with Crippen molar-refractivity contribution in [2.45, 2.75) is 13.1 Å². The zero-order valence-corrected chi connectivity index (χ0v) is 17.3. The smallest absolute Gasteiger partial charge is 0.280 e. The molecule has 0 fully saturated rings. The van der Waals surface area contributed by atoms with Gasteiger partial charge >= 0.3 is 5.95 Å². The van der Waals surface area contributed by atoms with Gasteiger partial charge in [-0.2, -0.15) is 9.47 Å². The monoisotopic (exact) mass is 434 g/mol. The van der Waals surface area contributed by atoms with Crippen molar-refractivity contribution in [2.24, 2.45) is 0 Å². The lowest BCUT2D eigenvalue weighted by atomic mass is 10.1. The lowest BCUT2D eigenvalue weighted by molar-refractivity contribution is 0.438. The van der Waals surface area contributed by atoms with Gasteiger partial charge in [-0.15, -0.1) is 0 Å². The number of hydrogen-bond acceptors (Lipinski definition) is 1. The summed E-state index contributed by atoms with van der Waals surface area (Å²) in [5.41, 5.74) is 3.58. The Labute approximate surface area is 184 Å². The van der Waals surface area contributed by atoms with Gasteiger partial charge in [0.2, 0.25) is 0 Å². The van der Waals surface area contributed by atoms with Crippen LogP contribution in [0.15, 0.2) is 91.3 Å². The van der Waals surface area contributed by atoms with E-state index in [1.54, 1.807) is 24.3 Å². The molecule has 0 saturated carbocycles. The number of quaternary nitrogens is 1. The topological polar surface area (TPSA) is 17.8 Å². The molecule has 2 heterocycles. The normalized spacial score (nSPS) is 17.5. The summed E-state index contributed by atoms with van der Waals surface area (Å²) in [6, 6.07) is 20.5. The van der Waals surface area contributed by atoms with Gasteiger partial charge in [-0.05, 0) is 54.6 Å². The molecule has 3 nitrogen and oxygen atoms in total. The summed E-state index contributed by atoms with van der Waals surface area (Å²) < 4.78 is 29.3. The van der Waals surface area contributed by atoms with Crippen molar-refractivity contribution in [1.82, 2.24) is 14.0 Å². The Morgan fingerprint density at radius 2 is 1.52 bits per heavy atom. The Bertz CT molecular complexity index is 1250. The van der Waals surface area contributed by atoms with Gasteiger partial charge in [0.25, 0.3) is 0 Å². The van der Waals surface area contributed by atoms with Crippen LogP contribution in [-0.4, -0.2) is 9.55 Å². The number of nitrogens with zero attached hydrogens (tertiary/aromatic N) is 3. The molecule has 1 atom stereocenters. The number of hydrogen-bond donors (Lipinski definition) is 0. The van der Waals surface area contributed by atoms with Gasteiger partial charge in [0, 0.05) is 34.5 Å². The van der Waals surface area contributed by atoms with Crippen molar-refractivity contribution < 1.29 is 8.78 Å². The summed E-state index contributed by atoms with van der Waals surface area (Å²) in [5, 5.41) is 0.653. The summed E-state index contributed by atoms with van der Waals surface area (Å²) in [4.78, 5) is 4.97. The zero-order chi connectivity index (χ0) is 21.4. The largest absolute Gasteiger partial charge is 0.320 e. The van der Waals surface area contributed by atoms with Crippen LogP contribution >= 0.6 is 11.6 Å². The van der Waals surface area contributed by atoms with Crippen LogP contribution in [0.3, 0.4) is 0 Å². The van der Waals surface area contributed by atoms with E-state index in [4.69, 9.17) is 16.6 Å². The van der Waals surface area contributed by atoms with Crippen molar-refractivity contribution in [3.05, 3.63) is 113 Å². The second-order valence-corrected chi connectivity index (χ2v) is 8.04. The number of fused-ring (bicyclic) bond motifs is 1. The average Bonchev–Trinajstić information content (AvgIpc) is 3.22. The molecule has 1 unspecified atom stereocenters. The first-order valence-corrected chi connectivity index (χ1v) is 10.3. The van der Waals surface area contributed by atoms with Crippen LogP contribution in [0.2, 0.25) is 5.02 Å². The first kappa shape index (κ1) is 19.7. The van der Waals surface area contributed by atoms with E-state index in [1.807, 2.05) is 30.5 Å². The maximum Gasteiger partial charge on any atom is 0.320 e. The molecule has 0 amide bonds. The molecule has 0 saturated heterocycles. The molecule has 3 aromatic carbocycles. The van der Waals surface area contributed by atoms with Gasteiger partial charge in [-0.3, -0.25) is 4.57 Å². The lowest BCUT2D eigenvalue weighted by Crippen LogP contribution is -2.41. The molecule has 1 aromatic heterocycles. The summed E-state index contributed by atoms with van der Waals surface area (Å²) in [5.74, 6) is 0.279. The van der Waals surface area contributed by atoms with Gasteiger partial charge in [0.1, 0.15) is 30.1 Å². The molecule has 1 aliphatic heterocycles. The fourth-order valence-corrected chi connectivity index (χ4v) is 4.15. The van der Waals surface area contributed by atoms with E-state index in [0.29, 0.717) is 22.6 Å². The SMILES string of the molecule is Fc1ccc(C[N+]2(c3ccc(Cl)cc3)C=CCn3cc(-c4ccc(F)cc4)nc32)cc1. The Kier molecular flexibility index (Phi) is 4.93. The van der Waals surface area contributed by atoms with Crippen LogP contribution in [0.4, 0.5) is 20.4 Å². The Balaban J connectivity index is 1.66. The van der Waals surface area contributed by atoms with Crippen molar-refractivity contribution in [3.63, 3.8) is 0 Å².